The maximum Gasteiger partial charge on any atom is 0.226 e. The van der Waals surface area contributed by atoms with Crippen LogP contribution >= 0.6 is 0 Å². The molecule has 3 heteroatoms. The van der Waals surface area contributed by atoms with Crippen LogP contribution in [-0.2, 0) is 11.2 Å². The van der Waals surface area contributed by atoms with Crippen molar-refractivity contribution < 1.29 is 4.79 Å². The first-order valence-electron chi connectivity index (χ1n) is 7.10. The molecule has 1 saturated heterocycles. The van der Waals surface area contributed by atoms with Gasteiger partial charge in [-0.2, -0.15) is 0 Å². The number of aryl methyl sites for hydroxylation is 2. The summed E-state index contributed by atoms with van der Waals surface area (Å²) in [6.07, 6.45) is 2.65. The molecule has 19 heavy (non-hydrogen) atoms. The average Bonchev–Trinajstić information content (AvgIpc) is 2.43. The van der Waals surface area contributed by atoms with E-state index in [1.54, 1.807) is 0 Å². The Balaban J connectivity index is 2.01. The molecule has 0 aliphatic carbocycles. The summed E-state index contributed by atoms with van der Waals surface area (Å²) < 4.78 is 0. The Bertz CT molecular complexity index is 450. The van der Waals surface area contributed by atoms with Crippen LogP contribution in [0.15, 0.2) is 18.2 Å². The van der Waals surface area contributed by atoms with Crippen molar-refractivity contribution in [2.75, 3.05) is 20.1 Å². The van der Waals surface area contributed by atoms with Crippen LogP contribution in [0, 0.1) is 13.8 Å². The second-order valence-electron chi connectivity index (χ2n) is 5.59. The van der Waals surface area contributed by atoms with Crippen LogP contribution in [0.1, 0.15) is 29.5 Å². The van der Waals surface area contributed by atoms with Crippen molar-refractivity contribution in [3.05, 3.63) is 34.9 Å². The molecule has 104 valence electrons. The van der Waals surface area contributed by atoms with Gasteiger partial charge in [0.05, 0.1) is 6.42 Å². The number of amides is 1. The summed E-state index contributed by atoms with van der Waals surface area (Å²) in [5, 5.41) is 3.34. The van der Waals surface area contributed by atoms with Gasteiger partial charge in [-0.15, -0.1) is 0 Å². The van der Waals surface area contributed by atoms with Crippen molar-refractivity contribution in [3.8, 4) is 0 Å². The van der Waals surface area contributed by atoms with Crippen LogP contribution in [-0.4, -0.2) is 37.0 Å². The first-order chi connectivity index (χ1) is 9.08. The number of nitrogens with one attached hydrogen (secondary N) is 1. The standard InChI is InChI=1S/C16H24N2O/c1-12-4-5-13(2)14(10-12)11-16(19)18(3)15-6-8-17-9-7-15/h4-5,10,15,17H,6-9,11H2,1-3H3. The number of likely N-dealkylation sites (N-methyl/N-ethyl adjacent to an activating group) is 1. The lowest BCUT2D eigenvalue weighted by Crippen LogP contribution is -2.44. The Hall–Kier alpha value is -1.35. The van der Waals surface area contributed by atoms with Gasteiger partial charge in [0.1, 0.15) is 0 Å². The van der Waals surface area contributed by atoms with Gasteiger partial charge in [-0.1, -0.05) is 23.8 Å². The van der Waals surface area contributed by atoms with E-state index >= 15 is 0 Å². The Morgan fingerprint density at radius 1 is 1.32 bits per heavy atom. The quantitative estimate of drug-likeness (QED) is 0.902. The molecular formula is C16H24N2O. The van der Waals surface area contributed by atoms with E-state index in [2.05, 4.69) is 37.4 Å². The first-order valence-corrected chi connectivity index (χ1v) is 7.10. The van der Waals surface area contributed by atoms with Crippen LogP contribution in [0.5, 0.6) is 0 Å². The summed E-state index contributed by atoms with van der Waals surface area (Å²) in [5.41, 5.74) is 3.58. The largest absolute Gasteiger partial charge is 0.342 e. The number of rotatable bonds is 3. The number of benzene rings is 1. The molecule has 0 aromatic heterocycles. The third kappa shape index (κ3) is 3.57. The lowest BCUT2D eigenvalue weighted by Gasteiger charge is -2.32. The molecule has 1 heterocycles. The van der Waals surface area contributed by atoms with Gasteiger partial charge in [0.15, 0.2) is 0 Å². The molecule has 1 fully saturated rings. The van der Waals surface area contributed by atoms with Crippen molar-refractivity contribution in [2.24, 2.45) is 0 Å². The minimum atomic E-state index is 0.237. The molecule has 0 unspecified atom stereocenters. The van der Waals surface area contributed by atoms with Crippen molar-refractivity contribution >= 4 is 5.91 Å². The van der Waals surface area contributed by atoms with Gasteiger partial charge in [-0.3, -0.25) is 4.79 Å². The van der Waals surface area contributed by atoms with Gasteiger partial charge in [-0.05, 0) is 50.9 Å². The van der Waals surface area contributed by atoms with E-state index in [1.165, 1.54) is 11.1 Å². The Kier molecular flexibility index (Phi) is 4.59. The number of carbonyl (C=O) groups is 1. The highest BCUT2D eigenvalue weighted by molar-refractivity contribution is 5.79. The molecule has 2 rings (SSSR count). The number of carbonyl (C=O) groups excluding carboxylic acids is 1. The third-order valence-electron chi connectivity index (χ3n) is 4.10. The van der Waals surface area contributed by atoms with E-state index in [0.29, 0.717) is 12.5 Å². The van der Waals surface area contributed by atoms with E-state index < -0.39 is 0 Å². The van der Waals surface area contributed by atoms with Gasteiger partial charge < -0.3 is 10.2 Å². The minimum absolute atomic E-state index is 0.237. The molecule has 1 amide bonds. The predicted octanol–water partition coefficient (Wildman–Crippen LogP) is 2.06. The normalized spacial score (nSPS) is 16.4. The number of nitrogens with zero attached hydrogens (tertiary/aromatic N) is 1. The lowest BCUT2D eigenvalue weighted by atomic mass is 10.0. The zero-order valence-corrected chi connectivity index (χ0v) is 12.2. The van der Waals surface area contributed by atoms with E-state index in [9.17, 15) is 4.79 Å². The van der Waals surface area contributed by atoms with Crippen LogP contribution in [0.3, 0.4) is 0 Å². The third-order valence-corrected chi connectivity index (χ3v) is 4.10. The van der Waals surface area contributed by atoms with Crippen LogP contribution in [0.25, 0.3) is 0 Å². The highest BCUT2D eigenvalue weighted by Crippen LogP contribution is 2.15. The van der Waals surface area contributed by atoms with Crippen LogP contribution in [0.4, 0.5) is 0 Å². The van der Waals surface area contributed by atoms with Crippen molar-refractivity contribution in [3.63, 3.8) is 0 Å². The molecule has 0 bridgehead atoms. The topological polar surface area (TPSA) is 32.3 Å². The van der Waals surface area contributed by atoms with Crippen LogP contribution in [0.2, 0.25) is 0 Å². The molecule has 1 aromatic rings. The summed E-state index contributed by atoms with van der Waals surface area (Å²) in [7, 11) is 1.95. The molecule has 1 aromatic carbocycles. The van der Waals surface area contributed by atoms with Gasteiger partial charge in [0.25, 0.3) is 0 Å². The molecule has 0 spiro atoms. The summed E-state index contributed by atoms with van der Waals surface area (Å²) in [4.78, 5) is 14.3. The zero-order chi connectivity index (χ0) is 13.8. The number of piperidine rings is 1. The molecule has 0 radical (unpaired) electrons. The van der Waals surface area contributed by atoms with Crippen molar-refractivity contribution in [1.82, 2.24) is 10.2 Å². The Labute approximate surface area is 116 Å². The number of hydrogen-bond donors (Lipinski definition) is 1. The highest BCUT2D eigenvalue weighted by Gasteiger charge is 2.22. The van der Waals surface area contributed by atoms with Gasteiger partial charge in [0.2, 0.25) is 5.91 Å². The van der Waals surface area contributed by atoms with Gasteiger partial charge in [-0.25, -0.2) is 0 Å². The molecule has 1 N–H and O–H groups in total. The Morgan fingerprint density at radius 3 is 2.68 bits per heavy atom. The van der Waals surface area contributed by atoms with Crippen molar-refractivity contribution in [1.29, 1.82) is 0 Å². The molecule has 1 aliphatic heterocycles. The lowest BCUT2D eigenvalue weighted by molar-refractivity contribution is -0.131. The average molecular weight is 260 g/mol. The maximum atomic E-state index is 12.4. The fraction of sp³-hybridized carbons (Fsp3) is 0.562. The minimum Gasteiger partial charge on any atom is -0.342 e. The monoisotopic (exact) mass is 260 g/mol. The van der Waals surface area contributed by atoms with Gasteiger partial charge in [0, 0.05) is 13.1 Å². The predicted molar refractivity (Wildman–Crippen MR) is 78.3 cm³/mol. The van der Waals surface area contributed by atoms with Crippen molar-refractivity contribution in [2.45, 2.75) is 39.2 Å². The highest BCUT2D eigenvalue weighted by atomic mass is 16.2. The van der Waals surface area contributed by atoms with Crippen LogP contribution < -0.4 is 5.32 Å². The second-order valence-corrected chi connectivity index (χ2v) is 5.59. The first kappa shape index (κ1) is 14.1. The van der Waals surface area contributed by atoms with E-state index in [1.807, 2.05) is 11.9 Å². The summed E-state index contributed by atoms with van der Waals surface area (Å²) in [6, 6.07) is 6.73. The summed E-state index contributed by atoms with van der Waals surface area (Å²) in [5.74, 6) is 0.237. The molecule has 1 aliphatic rings. The molecule has 3 nitrogen and oxygen atoms in total. The Morgan fingerprint density at radius 2 is 2.00 bits per heavy atom. The molecular weight excluding hydrogens is 236 g/mol. The van der Waals surface area contributed by atoms with E-state index in [0.717, 1.165) is 31.5 Å². The fourth-order valence-electron chi connectivity index (χ4n) is 2.68. The zero-order valence-electron chi connectivity index (χ0n) is 12.2. The molecule has 0 atom stereocenters. The smallest absolute Gasteiger partial charge is 0.226 e. The molecule has 0 saturated carbocycles. The second kappa shape index (κ2) is 6.20. The number of hydrogen-bond acceptors (Lipinski definition) is 2. The summed E-state index contributed by atoms with van der Waals surface area (Å²) in [6.45, 7) is 6.19. The fourth-order valence-corrected chi connectivity index (χ4v) is 2.68. The summed E-state index contributed by atoms with van der Waals surface area (Å²) >= 11 is 0. The maximum absolute atomic E-state index is 12.4. The SMILES string of the molecule is Cc1ccc(C)c(CC(=O)N(C)C2CCNCC2)c1. The van der Waals surface area contributed by atoms with Gasteiger partial charge >= 0.3 is 0 Å². The van der Waals surface area contributed by atoms with E-state index in [-0.39, 0.29) is 5.91 Å². The van der Waals surface area contributed by atoms with E-state index in [4.69, 9.17) is 0 Å².